The van der Waals surface area contributed by atoms with E-state index in [1.807, 2.05) is 0 Å². The first-order valence-electron chi connectivity index (χ1n) is 6.76. The van der Waals surface area contributed by atoms with Crippen LogP contribution in [0.3, 0.4) is 0 Å². The van der Waals surface area contributed by atoms with E-state index in [-0.39, 0.29) is 12.3 Å². The van der Waals surface area contributed by atoms with Gasteiger partial charge in [0.15, 0.2) is 0 Å². The Morgan fingerprint density at radius 1 is 1.39 bits per heavy atom. The van der Waals surface area contributed by atoms with E-state index in [1.54, 1.807) is 11.9 Å². The van der Waals surface area contributed by atoms with Gasteiger partial charge in [0.1, 0.15) is 0 Å². The lowest BCUT2D eigenvalue weighted by molar-refractivity contribution is -0.138. The monoisotopic (exact) mass is 256 g/mol. The van der Waals surface area contributed by atoms with Crippen LogP contribution in [0.1, 0.15) is 38.5 Å². The van der Waals surface area contributed by atoms with E-state index in [9.17, 15) is 9.59 Å². The zero-order valence-corrected chi connectivity index (χ0v) is 11.2. The number of amides is 1. The van der Waals surface area contributed by atoms with Crippen LogP contribution < -0.4 is 5.32 Å². The molecule has 1 aliphatic heterocycles. The second-order valence-electron chi connectivity index (χ2n) is 5.06. The quantitative estimate of drug-likeness (QED) is 0.715. The van der Waals surface area contributed by atoms with Crippen molar-refractivity contribution in [3.05, 3.63) is 0 Å². The standard InChI is InChI=1S/C13H24N2O3/c1-15(9-3-5-13(17)18)12(16)7-6-11-4-2-8-14-10-11/h11,14H,2-10H2,1H3,(H,17,18). The van der Waals surface area contributed by atoms with Gasteiger partial charge in [0, 0.05) is 26.4 Å². The molecule has 0 bridgehead atoms. The summed E-state index contributed by atoms with van der Waals surface area (Å²) < 4.78 is 0. The van der Waals surface area contributed by atoms with Crippen molar-refractivity contribution >= 4 is 11.9 Å². The van der Waals surface area contributed by atoms with Crippen molar-refractivity contribution in [2.24, 2.45) is 5.92 Å². The molecule has 1 amide bonds. The van der Waals surface area contributed by atoms with Gasteiger partial charge in [-0.1, -0.05) is 0 Å². The summed E-state index contributed by atoms with van der Waals surface area (Å²) in [5, 5.41) is 11.9. The third-order valence-corrected chi connectivity index (χ3v) is 3.48. The molecule has 1 saturated heterocycles. The number of aliphatic carboxylic acids is 1. The lowest BCUT2D eigenvalue weighted by atomic mass is 9.94. The smallest absolute Gasteiger partial charge is 0.303 e. The average Bonchev–Trinajstić information content (AvgIpc) is 2.36. The maximum atomic E-state index is 11.8. The molecule has 1 atom stereocenters. The number of nitrogens with zero attached hydrogens (tertiary/aromatic N) is 1. The Balaban J connectivity index is 2.12. The lowest BCUT2D eigenvalue weighted by Crippen LogP contribution is -2.32. The Kier molecular flexibility index (Phi) is 6.72. The van der Waals surface area contributed by atoms with Gasteiger partial charge in [-0.2, -0.15) is 0 Å². The van der Waals surface area contributed by atoms with Crippen molar-refractivity contribution in [2.75, 3.05) is 26.7 Å². The zero-order chi connectivity index (χ0) is 13.4. The van der Waals surface area contributed by atoms with Crippen molar-refractivity contribution in [3.8, 4) is 0 Å². The van der Waals surface area contributed by atoms with Gasteiger partial charge in [0.25, 0.3) is 0 Å². The first kappa shape index (κ1) is 15.0. The normalized spacial score (nSPS) is 19.5. The second-order valence-corrected chi connectivity index (χ2v) is 5.06. The van der Waals surface area contributed by atoms with Crippen molar-refractivity contribution in [3.63, 3.8) is 0 Å². The fraction of sp³-hybridized carbons (Fsp3) is 0.846. The van der Waals surface area contributed by atoms with Gasteiger partial charge in [0.2, 0.25) is 5.91 Å². The number of hydrogen-bond acceptors (Lipinski definition) is 3. The van der Waals surface area contributed by atoms with E-state index in [0.717, 1.165) is 19.5 Å². The van der Waals surface area contributed by atoms with Crippen LogP contribution in [0.5, 0.6) is 0 Å². The molecule has 0 radical (unpaired) electrons. The first-order chi connectivity index (χ1) is 8.59. The first-order valence-corrected chi connectivity index (χ1v) is 6.76. The minimum Gasteiger partial charge on any atom is -0.481 e. The summed E-state index contributed by atoms with van der Waals surface area (Å²) in [6.07, 6.45) is 4.59. The van der Waals surface area contributed by atoms with Crippen LogP contribution in [-0.4, -0.2) is 48.6 Å². The van der Waals surface area contributed by atoms with Gasteiger partial charge in [0.05, 0.1) is 0 Å². The highest BCUT2D eigenvalue weighted by Crippen LogP contribution is 2.16. The molecule has 1 fully saturated rings. The maximum absolute atomic E-state index is 11.8. The van der Waals surface area contributed by atoms with Gasteiger partial charge in [-0.3, -0.25) is 9.59 Å². The van der Waals surface area contributed by atoms with E-state index in [2.05, 4.69) is 5.32 Å². The number of nitrogens with one attached hydrogen (secondary N) is 1. The van der Waals surface area contributed by atoms with Gasteiger partial charge in [-0.15, -0.1) is 0 Å². The van der Waals surface area contributed by atoms with Gasteiger partial charge >= 0.3 is 5.97 Å². The summed E-state index contributed by atoms with van der Waals surface area (Å²) in [4.78, 5) is 23.8. The molecule has 18 heavy (non-hydrogen) atoms. The van der Waals surface area contributed by atoms with Crippen LogP contribution in [0.2, 0.25) is 0 Å². The molecule has 104 valence electrons. The molecular formula is C13H24N2O3. The number of piperidine rings is 1. The topological polar surface area (TPSA) is 69.6 Å². The average molecular weight is 256 g/mol. The Morgan fingerprint density at radius 2 is 2.17 bits per heavy atom. The molecule has 5 heteroatoms. The Morgan fingerprint density at radius 3 is 2.78 bits per heavy atom. The van der Waals surface area contributed by atoms with E-state index in [0.29, 0.717) is 25.3 Å². The van der Waals surface area contributed by atoms with Crippen LogP contribution in [0.4, 0.5) is 0 Å². The molecule has 0 aliphatic carbocycles. The summed E-state index contributed by atoms with van der Waals surface area (Å²) in [5.74, 6) is -0.0507. The van der Waals surface area contributed by atoms with Crippen molar-refractivity contribution in [1.82, 2.24) is 10.2 Å². The van der Waals surface area contributed by atoms with E-state index < -0.39 is 5.97 Å². The number of rotatable bonds is 7. The molecule has 1 rings (SSSR count). The Bertz CT molecular complexity index is 275. The molecule has 1 aliphatic rings. The summed E-state index contributed by atoms with van der Waals surface area (Å²) in [5.41, 5.74) is 0. The highest BCUT2D eigenvalue weighted by molar-refractivity contribution is 5.75. The van der Waals surface area contributed by atoms with Gasteiger partial charge in [-0.25, -0.2) is 0 Å². The largest absolute Gasteiger partial charge is 0.481 e. The third-order valence-electron chi connectivity index (χ3n) is 3.48. The lowest BCUT2D eigenvalue weighted by Gasteiger charge is -2.23. The highest BCUT2D eigenvalue weighted by atomic mass is 16.4. The molecular weight excluding hydrogens is 232 g/mol. The van der Waals surface area contributed by atoms with Gasteiger partial charge in [-0.05, 0) is 44.7 Å². The molecule has 2 N–H and O–H groups in total. The van der Waals surface area contributed by atoms with Crippen molar-refractivity contribution in [2.45, 2.75) is 38.5 Å². The van der Waals surface area contributed by atoms with Crippen molar-refractivity contribution in [1.29, 1.82) is 0 Å². The minimum atomic E-state index is -0.802. The maximum Gasteiger partial charge on any atom is 0.303 e. The summed E-state index contributed by atoms with van der Waals surface area (Å²) in [6.45, 7) is 2.66. The Hall–Kier alpha value is -1.10. The molecule has 0 aromatic carbocycles. The molecule has 0 aromatic heterocycles. The number of hydrogen-bond donors (Lipinski definition) is 2. The number of carbonyl (C=O) groups excluding carboxylic acids is 1. The SMILES string of the molecule is CN(CCCC(=O)O)C(=O)CCC1CCCNC1. The van der Waals surface area contributed by atoms with E-state index in [1.165, 1.54) is 12.8 Å². The van der Waals surface area contributed by atoms with Crippen LogP contribution >= 0.6 is 0 Å². The summed E-state index contributed by atoms with van der Waals surface area (Å²) in [6, 6.07) is 0. The Labute approximate surface area is 109 Å². The molecule has 5 nitrogen and oxygen atoms in total. The van der Waals surface area contributed by atoms with Crippen LogP contribution in [0.15, 0.2) is 0 Å². The van der Waals surface area contributed by atoms with Crippen LogP contribution in [-0.2, 0) is 9.59 Å². The fourth-order valence-electron chi connectivity index (χ4n) is 2.28. The van der Waals surface area contributed by atoms with Crippen molar-refractivity contribution < 1.29 is 14.7 Å². The molecule has 1 heterocycles. The number of carbonyl (C=O) groups is 2. The molecule has 0 spiro atoms. The molecule has 0 saturated carbocycles. The zero-order valence-electron chi connectivity index (χ0n) is 11.2. The predicted octanol–water partition coefficient (Wildman–Crippen LogP) is 1.09. The third kappa shape index (κ3) is 6.00. The molecule has 1 unspecified atom stereocenters. The van der Waals surface area contributed by atoms with E-state index >= 15 is 0 Å². The predicted molar refractivity (Wildman–Crippen MR) is 69.3 cm³/mol. The van der Waals surface area contributed by atoms with E-state index in [4.69, 9.17) is 5.11 Å². The highest BCUT2D eigenvalue weighted by Gasteiger charge is 2.16. The minimum absolute atomic E-state index is 0.129. The number of carboxylic acid groups (broad SMARTS) is 1. The van der Waals surface area contributed by atoms with Gasteiger partial charge < -0.3 is 15.3 Å². The molecule has 0 aromatic rings. The summed E-state index contributed by atoms with van der Waals surface area (Å²) in [7, 11) is 1.75. The number of carboxylic acids is 1. The summed E-state index contributed by atoms with van der Waals surface area (Å²) >= 11 is 0. The fourth-order valence-corrected chi connectivity index (χ4v) is 2.28. The van der Waals surface area contributed by atoms with Crippen LogP contribution in [0.25, 0.3) is 0 Å². The second kappa shape index (κ2) is 8.08. The van der Waals surface area contributed by atoms with Crippen LogP contribution in [0, 0.1) is 5.92 Å².